The van der Waals surface area contributed by atoms with Gasteiger partial charge in [-0.2, -0.15) is 0 Å². The molecule has 2 N–H and O–H groups in total. The molecule has 0 unspecified atom stereocenters. The summed E-state index contributed by atoms with van der Waals surface area (Å²) < 4.78 is 5.82. The summed E-state index contributed by atoms with van der Waals surface area (Å²) in [5, 5.41) is 5.68. The molecule has 1 aliphatic heterocycles. The predicted octanol–water partition coefficient (Wildman–Crippen LogP) is 2.98. The van der Waals surface area contributed by atoms with Gasteiger partial charge in [0.15, 0.2) is 0 Å². The van der Waals surface area contributed by atoms with Gasteiger partial charge in [0.05, 0.1) is 18.0 Å². The maximum absolute atomic E-state index is 11.9. The number of benzene rings is 1. The quantitative estimate of drug-likeness (QED) is 0.912. The van der Waals surface area contributed by atoms with Crippen LogP contribution in [0.4, 0.5) is 10.5 Å². The summed E-state index contributed by atoms with van der Waals surface area (Å²) in [5.41, 5.74) is 1.85. The maximum Gasteiger partial charge on any atom is 0.319 e. The van der Waals surface area contributed by atoms with E-state index < -0.39 is 0 Å². The Morgan fingerprint density at radius 1 is 1.23 bits per heavy atom. The standard InChI is InChI=1S/C17H19N3O2/c21-17(20-15-7-4-9-18-12-15)19-11-14-8-10-22-16(14)13-5-2-1-3-6-13/h1-7,9,12,14,16H,8,10-11H2,(H2,19,20,21)/t14-,16-/m0/s1. The monoisotopic (exact) mass is 297 g/mol. The average Bonchev–Trinajstić information content (AvgIpc) is 3.03. The summed E-state index contributed by atoms with van der Waals surface area (Å²) in [5.74, 6) is 0.294. The second-order valence-electron chi connectivity index (χ2n) is 5.33. The molecule has 0 radical (unpaired) electrons. The van der Waals surface area contributed by atoms with E-state index in [4.69, 9.17) is 4.74 Å². The lowest BCUT2D eigenvalue weighted by molar-refractivity contribution is 0.0911. The van der Waals surface area contributed by atoms with Crippen molar-refractivity contribution < 1.29 is 9.53 Å². The molecule has 2 aromatic rings. The molecular weight excluding hydrogens is 278 g/mol. The van der Waals surface area contributed by atoms with Gasteiger partial charge in [0, 0.05) is 25.3 Å². The van der Waals surface area contributed by atoms with Crippen molar-refractivity contribution in [1.29, 1.82) is 0 Å². The fraction of sp³-hybridized carbons (Fsp3) is 0.294. The number of anilines is 1. The van der Waals surface area contributed by atoms with Gasteiger partial charge in [0.2, 0.25) is 0 Å². The van der Waals surface area contributed by atoms with Crippen molar-refractivity contribution in [3.63, 3.8) is 0 Å². The Balaban J connectivity index is 1.53. The number of carbonyl (C=O) groups is 1. The minimum atomic E-state index is -0.216. The number of nitrogens with one attached hydrogen (secondary N) is 2. The molecule has 1 saturated heterocycles. The van der Waals surface area contributed by atoms with E-state index in [-0.39, 0.29) is 12.1 Å². The molecule has 2 amide bonds. The Labute approximate surface area is 129 Å². The van der Waals surface area contributed by atoms with Gasteiger partial charge in [0.1, 0.15) is 0 Å². The first-order valence-corrected chi connectivity index (χ1v) is 7.44. The van der Waals surface area contributed by atoms with E-state index >= 15 is 0 Å². The number of rotatable bonds is 4. The van der Waals surface area contributed by atoms with E-state index in [1.54, 1.807) is 24.5 Å². The van der Waals surface area contributed by atoms with Crippen molar-refractivity contribution in [3.8, 4) is 0 Å². The number of aromatic nitrogens is 1. The normalized spacial score (nSPS) is 20.5. The molecule has 0 spiro atoms. The van der Waals surface area contributed by atoms with E-state index in [9.17, 15) is 4.79 Å². The highest BCUT2D eigenvalue weighted by atomic mass is 16.5. The van der Waals surface area contributed by atoms with Crippen LogP contribution in [0, 0.1) is 5.92 Å². The zero-order valence-corrected chi connectivity index (χ0v) is 12.2. The zero-order chi connectivity index (χ0) is 15.2. The number of hydrogen-bond donors (Lipinski definition) is 2. The van der Waals surface area contributed by atoms with Gasteiger partial charge in [-0.15, -0.1) is 0 Å². The molecule has 114 valence electrons. The Kier molecular flexibility index (Phi) is 4.65. The molecule has 22 heavy (non-hydrogen) atoms. The van der Waals surface area contributed by atoms with E-state index in [0.717, 1.165) is 13.0 Å². The lowest BCUT2D eigenvalue weighted by Crippen LogP contribution is -2.34. The van der Waals surface area contributed by atoms with E-state index in [1.807, 2.05) is 18.2 Å². The minimum Gasteiger partial charge on any atom is -0.373 e. The van der Waals surface area contributed by atoms with Crippen LogP contribution < -0.4 is 10.6 Å². The van der Waals surface area contributed by atoms with Crippen LogP contribution in [-0.4, -0.2) is 24.2 Å². The summed E-state index contributed by atoms with van der Waals surface area (Å²) in [6.07, 6.45) is 4.29. The van der Waals surface area contributed by atoms with E-state index in [0.29, 0.717) is 18.2 Å². The fourth-order valence-corrected chi connectivity index (χ4v) is 2.69. The number of pyridine rings is 1. The van der Waals surface area contributed by atoms with Crippen molar-refractivity contribution >= 4 is 11.7 Å². The Hall–Kier alpha value is -2.40. The molecule has 1 aliphatic rings. The average molecular weight is 297 g/mol. The number of hydrogen-bond acceptors (Lipinski definition) is 3. The SMILES string of the molecule is O=C(NC[C@@H]1CCO[C@H]1c1ccccc1)Nc1cccnc1. The van der Waals surface area contributed by atoms with Gasteiger partial charge in [-0.1, -0.05) is 30.3 Å². The minimum absolute atomic E-state index is 0.0555. The van der Waals surface area contributed by atoms with Gasteiger partial charge in [-0.3, -0.25) is 4.98 Å². The fourth-order valence-electron chi connectivity index (χ4n) is 2.69. The lowest BCUT2D eigenvalue weighted by atomic mass is 9.95. The van der Waals surface area contributed by atoms with Crippen molar-refractivity contribution in [2.45, 2.75) is 12.5 Å². The third-order valence-electron chi connectivity index (χ3n) is 3.79. The molecule has 2 atom stereocenters. The molecule has 0 saturated carbocycles. The first-order valence-electron chi connectivity index (χ1n) is 7.44. The Bertz CT molecular complexity index is 604. The van der Waals surface area contributed by atoms with Crippen LogP contribution in [-0.2, 0) is 4.74 Å². The molecule has 5 nitrogen and oxygen atoms in total. The summed E-state index contributed by atoms with van der Waals surface area (Å²) in [7, 11) is 0. The molecule has 1 aromatic heterocycles. The topological polar surface area (TPSA) is 63.2 Å². The maximum atomic E-state index is 11.9. The van der Waals surface area contributed by atoms with Crippen LogP contribution in [0.3, 0.4) is 0 Å². The van der Waals surface area contributed by atoms with Gasteiger partial charge >= 0.3 is 6.03 Å². The second kappa shape index (κ2) is 7.04. The van der Waals surface area contributed by atoms with Crippen molar-refractivity contribution in [2.75, 3.05) is 18.5 Å². The number of carbonyl (C=O) groups excluding carboxylic acids is 1. The van der Waals surface area contributed by atoms with Crippen molar-refractivity contribution in [3.05, 3.63) is 60.4 Å². The summed E-state index contributed by atoms with van der Waals surface area (Å²) in [4.78, 5) is 15.9. The summed E-state index contributed by atoms with van der Waals surface area (Å²) in [6.45, 7) is 1.32. The van der Waals surface area contributed by atoms with Crippen LogP contribution in [0.5, 0.6) is 0 Å². The molecule has 0 bridgehead atoms. The summed E-state index contributed by atoms with van der Waals surface area (Å²) >= 11 is 0. The number of ether oxygens (including phenoxy) is 1. The van der Waals surface area contributed by atoms with Gasteiger partial charge in [-0.25, -0.2) is 4.79 Å². The number of amides is 2. The molecule has 2 heterocycles. The third-order valence-corrected chi connectivity index (χ3v) is 3.79. The van der Waals surface area contributed by atoms with Crippen LogP contribution in [0.2, 0.25) is 0 Å². The second-order valence-corrected chi connectivity index (χ2v) is 5.33. The third kappa shape index (κ3) is 3.62. The first-order chi connectivity index (χ1) is 10.8. The van der Waals surface area contributed by atoms with Crippen molar-refractivity contribution in [1.82, 2.24) is 10.3 Å². The first kappa shape index (κ1) is 14.5. The Morgan fingerprint density at radius 3 is 2.86 bits per heavy atom. The lowest BCUT2D eigenvalue weighted by Gasteiger charge is -2.19. The van der Waals surface area contributed by atoms with Crippen molar-refractivity contribution in [2.24, 2.45) is 5.92 Å². The molecule has 5 heteroatoms. The zero-order valence-electron chi connectivity index (χ0n) is 12.2. The van der Waals surface area contributed by atoms with Crippen LogP contribution >= 0.6 is 0 Å². The highest BCUT2D eigenvalue weighted by molar-refractivity contribution is 5.88. The highest BCUT2D eigenvalue weighted by Crippen LogP contribution is 2.33. The molecular formula is C17H19N3O2. The highest BCUT2D eigenvalue weighted by Gasteiger charge is 2.29. The molecule has 1 fully saturated rings. The summed E-state index contributed by atoms with van der Waals surface area (Å²) in [6, 6.07) is 13.5. The van der Waals surface area contributed by atoms with Gasteiger partial charge in [0.25, 0.3) is 0 Å². The molecule has 1 aromatic carbocycles. The predicted molar refractivity (Wildman–Crippen MR) is 84.5 cm³/mol. The van der Waals surface area contributed by atoms with Crippen LogP contribution in [0.1, 0.15) is 18.1 Å². The van der Waals surface area contributed by atoms with Gasteiger partial charge in [-0.05, 0) is 24.1 Å². The largest absolute Gasteiger partial charge is 0.373 e. The Morgan fingerprint density at radius 2 is 2.09 bits per heavy atom. The van der Waals surface area contributed by atoms with E-state index in [1.165, 1.54) is 5.56 Å². The smallest absolute Gasteiger partial charge is 0.319 e. The molecule has 0 aliphatic carbocycles. The number of urea groups is 1. The van der Waals surface area contributed by atoms with Gasteiger partial charge < -0.3 is 15.4 Å². The number of nitrogens with zero attached hydrogens (tertiary/aromatic N) is 1. The van der Waals surface area contributed by atoms with E-state index in [2.05, 4.69) is 27.8 Å². The molecule has 3 rings (SSSR count). The van der Waals surface area contributed by atoms with Crippen LogP contribution in [0.15, 0.2) is 54.9 Å². The van der Waals surface area contributed by atoms with Crippen LogP contribution in [0.25, 0.3) is 0 Å².